The zero-order chi connectivity index (χ0) is 21.6. The van der Waals surface area contributed by atoms with E-state index in [9.17, 15) is 14.4 Å². The van der Waals surface area contributed by atoms with Gasteiger partial charge in [0.2, 0.25) is 5.91 Å². The molecule has 4 aliphatic heterocycles. The van der Waals surface area contributed by atoms with Crippen LogP contribution in [0.25, 0.3) is 0 Å². The Morgan fingerprint density at radius 1 is 0.935 bits per heavy atom. The van der Waals surface area contributed by atoms with Gasteiger partial charge >= 0.3 is 6.03 Å². The van der Waals surface area contributed by atoms with Crippen LogP contribution in [0.1, 0.15) is 31.2 Å². The lowest BCUT2D eigenvalue weighted by atomic mass is 9.85. The molecule has 4 fully saturated rings. The number of nitrogens with one attached hydrogen (secondary N) is 3. The highest BCUT2D eigenvalue weighted by Gasteiger charge is 2.51. The molecule has 1 aromatic rings. The van der Waals surface area contributed by atoms with Crippen LogP contribution in [0.3, 0.4) is 0 Å². The monoisotopic (exact) mass is 426 g/mol. The van der Waals surface area contributed by atoms with E-state index in [1.807, 2.05) is 12.1 Å². The maximum Gasteiger partial charge on any atom is 0.322 e. The number of imide groups is 1. The molecule has 9 nitrogen and oxygen atoms in total. The summed E-state index contributed by atoms with van der Waals surface area (Å²) in [6.45, 7) is 4.57. The number of rotatable bonds is 3. The van der Waals surface area contributed by atoms with Crippen LogP contribution in [-0.4, -0.2) is 78.6 Å². The number of hydrogen-bond donors (Lipinski definition) is 3. The predicted molar refractivity (Wildman–Crippen MR) is 115 cm³/mol. The molecule has 4 aliphatic rings. The molecule has 0 saturated carbocycles. The third kappa shape index (κ3) is 3.36. The summed E-state index contributed by atoms with van der Waals surface area (Å²) in [7, 11) is 2.11. The number of hydrogen-bond acceptors (Lipinski definition) is 6. The Kier molecular flexibility index (Phi) is 4.90. The molecule has 0 atom stereocenters. The van der Waals surface area contributed by atoms with Gasteiger partial charge in [-0.15, -0.1) is 0 Å². The van der Waals surface area contributed by atoms with Gasteiger partial charge in [-0.1, -0.05) is 18.2 Å². The quantitative estimate of drug-likeness (QED) is 0.599. The first kappa shape index (κ1) is 20.3. The summed E-state index contributed by atoms with van der Waals surface area (Å²) < 4.78 is 0. The van der Waals surface area contributed by atoms with Crippen LogP contribution in [0.15, 0.2) is 24.3 Å². The number of anilines is 1. The van der Waals surface area contributed by atoms with Crippen LogP contribution in [0.5, 0.6) is 0 Å². The van der Waals surface area contributed by atoms with Gasteiger partial charge in [-0.05, 0) is 44.4 Å². The molecule has 0 unspecified atom stereocenters. The van der Waals surface area contributed by atoms with Crippen LogP contribution < -0.4 is 20.9 Å². The lowest BCUT2D eigenvalue weighted by Crippen LogP contribution is -2.56. The van der Waals surface area contributed by atoms with Crippen LogP contribution in [0, 0.1) is 0 Å². The number of amides is 4. The van der Waals surface area contributed by atoms with E-state index < -0.39 is 17.1 Å². The Labute approximate surface area is 182 Å². The number of piperidine rings is 2. The summed E-state index contributed by atoms with van der Waals surface area (Å²) in [6.07, 6.45) is 2.86. The second-order valence-corrected chi connectivity index (χ2v) is 9.32. The third-order valence-electron chi connectivity index (χ3n) is 7.55. The van der Waals surface area contributed by atoms with E-state index in [0.29, 0.717) is 19.5 Å². The number of nitrogens with zero attached hydrogens (tertiary/aromatic N) is 3. The van der Waals surface area contributed by atoms with Crippen molar-refractivity contribution in [2.75, 3.05) is 44.8 Å². The van der Waals surface area contributed by atoms with E-state index in [1.54, 1.807) is 0 Å². The summed E-state index contributed by atoms with van der Waals surface area (Å²) in [4.78, 5) is 43.6. The van der Waals surface area contributed by atoms with Crippen molar-refractivity contribution in [3.63, 3.8) is 0 Å². The average Bonchev–Trinajstić information content (AvgIpc) is 3.22. The second-order valence-electron chi connectivity index (χ2n) is 9.32. The molecule has 4 saturated heterocycles. The minimum Gasteiger partial charge on any atom is -0.339 e. The van der Waals surface area contributed by atoms with Gasteiger partial charge in [0, 0.05) is 38.4 Å². The van der Waals surface area contributed by atoms with Crippen LogP contribution in [0.2, 0.25) is 0 Å². The fraction of sp³-hybridized carbons (Fsp3) is 0.591. The minimum atomic E-state index is -0.753. The van der Waals surface area contributed by atoms with E-state index in [4.69, 9.17) is 0 Å². The molecule has 0 bridgehead atoms. The maximum atomic E-state index is 12.9. The summed E-state index contributed by atoms with van der Waals surface area (Å²) in [5, 5.41) is 8.28. The van der Waals surface area contributed by atoms with E-state index in [-0.39, 0.29) is 11.8 Å². The summed E-state index contributed by atoms with van der Waals surface area (Å²) >= 11 is 0. The van der Waals surface area contributed by atoms with E-state index in [1.165, 1.54) is 5.56 Å². The second kappa shape index (κ2) is 7.49. The zero-order valence-corrected chi connectivity index (χ0v) is 17.9. The lowest BCUT2D eigenvalue weighted by molar-refractivity contribution is -0.126. The van der Waals surface area contributed by atoms with Gasteiger partial charge in [0.05, 0.1) is 6.67 Å². The molecular formula is C22H30N6O3. The van der Waals surface area contributed by atoms with Crippen molar-refractivity contribution in [3.05, 3.63) is 29.8 Å². The normalized spacial score (nSPS) is 25.7. The van der Waals surface area contributed by atoms with Gasteiger partial charge in [0.1, 0.15) is 11.1 Å². The van der Waals surface area contributed by atoms with E-state index in [2.05, 4.69) is 49.8 Å². The van der Waals surface area contributed by atoms with Gasteiger partial charge in [0.25, 0.3) is 5.91 Å². The van der Waals surface area contributed by atoms with Crippen LogP contribution in [0.4, 0.5) is 10.5 Å². The molecule has 3 N–H and O–H groups in total. The average molecular weight is 427 g/mol. The van der Waals surface area contributed by atoms with Crippen molar-refractivity contribution in [2.45, 2.75) is 43.3 Å². The molecule has 2 spiro atoms. The lowest BCUT2D eigenvalue weighted by Gasteiger charge is -2.43. The van der Waals surface area contributed by atoms with Crippen molar-refractivity contribution in [1.29, 1.82) is 0 Å². The molecule has 5 rings (SSSR count). The zero-order valence-electron chi connectivity index (χ0n) is 17.9. The number of carbonyl (C=O) groups excluding carboxylic acids is 3. The highest BCUT2D eigenvalue weighted by molar-refractivity contribution is 6.07. The molecular weight excluding hydrogens is 396 g/mol. The molecule has 9 heteroatoms. The standard InChI is InChI=1S/C22H30N6O3/c1-26-10-8-22(9-11-26)19(30)23-15-28(22)17-5-3-2-4-16(17)14-27-12-6-21(7-13-27)18(29)24-20(31)25-21/h2-5H,6-15H2,1H3,(H,23,30)(H2,24,25,29,31). The number of para-hydroxylation sites is 1. The van der Waals surface area contributed by atoms with E-state index >= 15 is 0 Å². The third-order valence-corrected chi connectivity index (χ3v) is 7.55. The molecule has 0 aliphatic carbocycles. The highest BCUT2D eigenvalue weighted by atomic mass is 16.2. The summed E-state index contributed by atoms with van der Waals surface area (Å²) in [6, 6.07) is 7.94. The fourth-order valence-corrected chi connectivity index (χ4v) is 5.51. The molecule has 1 aromatic carbocycles. The Balaban J connectivity index is 1.33. The molecule has 4 amide bonds. The summed E-state index contributed by atoms with van der Waals surface area (Å²) in [5.41, 5.74) is 1.07. The van der Waals surface area contributed by atoms with Gasteiger partial charge in [-0.2, -0.15) is 0 Å². The van der Waals surface area contributed by atoms with Crippen molar-refractivity contribution in [2.24, 2.45) is 0 Å². The molecule has 166 valence electrons. The Bertz CT molecular complexity index is 902. The van der Waals surface area contributed by atoms with Crippen LogP contribution in [-0.2, 0) is 16.1 Å². The van der Waals surface area contributed by atoms with Crippen LogP contribution >= 0.6 is 0 Å². The van der Waals surface area contributed by atoms with Crippen molar-refractivity contribution >= 4 is 23.5 Å². The number of urea groups is 1. The van der Waals surface area contributed by atoms with Gasteiger partial charge in [-0.25, -0.2) is 4.79 Å². The molecule has 0 aromatic heterocycles. The molecule has 31 heavy (non-hydrogen) atoms. The number of benzene rings is 1. The molecule has 0 radical (unpaired) electrons. The molecule has 4 heterocycles. The fourth-order valence-electron chi connectivity index (χ4n) is 5.51. The first-order valence-electron chi connectivity index (χ1n) is 11.1. The topological polar surface area (TPSA) is 97.0 Å². The largest absolute Gasteiger partial charge is 0.339 e. The van der Waals surface area contributed by atoms with Gasteiger partial charge < -0.3 is 20.4 Å². The first-order valence-corrected chi connectivity index (χ1v) is 11.1. The number of likely N-dealkylation sites (tertiary alicyclic amines) is 2. The van der Waals surface area contributed by atoms with Crippen molar-refractivity contribution in [3.8, 4) is 0 Å². The van der Waals surface area contributed by atoms with Gasteiger partial charge in [0.15, 0.2) is 0 Å². The highest BCUT2D eigenvalue weighted by Crippen LogP contribution is 2.38. The smallest absolute Gasteiger partial charge is 0.322 e. The Morgan fingerprint density at radius 2 is 1.65 bits per heavy atom. The SMILES string of the molecule is CN1CCC2(CC1)C(=O)NCN2c1ccccc1CN1CCC2(CC1)NC(=O)NC2=O. The summed E-state index contributed by atoms with van der Waals surface area (Å²) in [5.74, 6) is -0.0679. The first-order chi connectivity index (χ1) is 14.9. The predicted octanol–water partition coefficient (Wildman–Crippen LogP) is 0.219. The van der Waals surface area contributed by atoms with Gasteiger partial charge in [-0.3, -0.25) is 19.8 Å². The Morgan fingerprint density at radius 3 is 2.32 bits per heavy atom. The Hall–Kier alpha value is -2.65. The number of carbonyl (C=O) groups is 3. The van der Waals surface area contributed by atoms with Crippen molar-refractivity contribution < 1.29 is 14.4 Å². The minimum absolute atomic E-state index is 0.137. The van der Waals surface area contributed by atoms with Crippen molar-refractivity contribution in [1.82, 2.24) is 25.8 Å². The maximum absolute atomic E-state index is 12.9. The van der Waals surface area contributed by atoms with E-state index in [0.717, 1.165) is 51.3 Å².